The van der Waals surface area contributed by atoms with Crippen LogP contribution in [0.2, 0.25) is 0 Å². The highest BCUT2D eigenvalue weighted by Crippen LogP contribution is 2.31. The van der Waals surface area contributed by atoms with Crippen molar-refractivity contribution < 1.29 is 18.7 Å². The monoisotopic (exact) mass is 417 g/mol. The Bertz CT molecular complexity index is 1010. The van der Waals surface area contributed by atoms with Crippen LogP contribution in [0.5, 0.6) is 11.5 Å². The SMILES string of the molecule is COc1cc(OC)cc(-c2nnc(S[C@@H](C)C(=O)Nc3c(C)nn(C)c3C)o2)c1. The van der Waals surface area contributed by atoms with Crippen molar-refractivity contribution in [1.82, 2.24) is 20.0 Å². The van der Waals surface area contributed by atoms with E-state index in [4.69, 9.17) is 13.9 Å². The molecule has 0 aliphatic carbocycles. The topological polar surface area (TPSA) is 104 Å². The number of nitrogens with zero attached hydrogens (tertiary/aromatic N) is 4. The van der Waals surface area contributed by atoms with E-state index in [0.29, 0.717) is 28.2 Å². The fourth-order valence-electron chi connectivity index (χ4n) is 2.69. The molecular formula is C19H23N5O4S. The van der Waals surface area contributed by atoms with Crippen LogP contribution in [0.1, 0.15) is 18.3 Å². The number of rotatable bonds is 7. The standard InChI is InChI=1S/C19H23N5O4S/c1-10-16(11(2)24(4)23-10)20-17(25)12(3)29-19-22-21-18(28-19)13-7-14(26-5)9-15(8-13)27-6/h7-9,12H,1-6H3,(H,20,25)/t12-/m0/s1. The molecule has 9 nitrogen and oxygen atoms in total. The molecule has 1 N–H and O–H groups in total. The number of ether oxygens (including phenoxy) is 2. The number of amides is 1. The van der Waals surface area contributed by atoms with E-state index in [1.54, 1.807) is 44.0 Å². The van der Waals surface area contributed by atoms with Gasteiger partial charge in [-0.2, -0.15) is 5.10 Å². The van der Waals surface area contributed by atoms with Crippen molar-refractivity contribution in [3.05, 3.63) is 29.6 Å². The van der Waals surface area contributed by atoms with E-state index in [-0.39, 0.29) is 5.91 Å². The number of thioether (sulfide) groups is 1. The third kappa shape index (κ3) is 4.53. The van der Waals surface area contributed by atoms with E-state index < -0.39 is 5.25 Å². The van der Waals surface area contributed by atoms with Gasteiger partial charge >= 0.3 is 0 Å². The van der Waals surface area contributed by atoms with Gasteiger partial charge in [-0.15, -0.1) is 10.2 Å². The molecule has 0 aliphatic heterocycles. The van der Waals surface area contributed by atoms with Crippen LogP contribution in [-0.2, 0) is 11.8 Å². The second kappa shape index (κ2) is 8.56. The molecule has 29 heavy (non-hydrogen) atoms. The van der Waals surface area contributed by atoms with E-state index >= 15 is 0 Å². The van der Waals surface area contributed by atoms with Gasteiger partial charge in [-0.25, -0.2) is 0 Å². The highest BCUT2D eigenvalue weighted by molar-refractivity contribution is 8.00. The molecule has 3 rings (SSSR count). The molecule has 0 radical (unpaired) electrons. The molecule has 1 amide bonds. The van der Waals surface area contributed by atoms with E-state index in [1.165, 1.54) is 11.8 Å². The number of anilines is 1. The first-order valence-corrected chi connectivity index (χ1v) is 9.75. The Labute approximate surface area is 172 Å². The average molecular weight is 417 g/mol. The van der Waals surface area contributed by atoms with Crippen molar-refractivity contribution in [1.29, 1.82) is 0 Å². The predicted octanol–water partition coefficient (Wildman–Crippen LogP) is 3.22. The minimum absolute atomic E-state index is 0.169. The second-order valence-corrected chi connectivity index (χ2v) is 7.69. The molecule has 0 aliphatic rings. The van der Waals surface area contributed by atoms with Crippen LogP contribution < -0.4 is 14.8 Å². The molecule has 2 aromatic heterocycles. The Morgan fingerprint density at radius 2 is 1.83 bits per heavy atom. The summed E-state index contributed by atoms with van der Waals surface area (Å²) in [6.07, 6.45) is 0. The van der Waals surface area contributed by atoms with Crippen molar-refractivity contribution in [2.24, 2.45) is 7.05 Å². The summed E-state index contributed by atoms with van der Waals surface area (Å²) in [6, 6.07) is 5.30. The summed E-state index contributed by atoms with van der Waals surface area (Å²) in [5, 5.41) is 15.2. The van der Waals surface area contributed by atoms with E-state index in [2.05, 4.69) is 20.6 Å². The van der Waals surface area contributed by atoms with Gasteiger partial charge in [0, 0.05) is 18.7 Å². The summed E-state index contributed by atoms with van der Waals surface area (Å²) in [5.41, 5.74) is 3.04. The second-order valence-electron chi connectivity index (χ2n) is 6.39. The molecule has 154 valence electrons. The van der Waals surface area contributed by atoms with Crippen LogP contribution in [0.3, 0.4) is 0 Å². The third-order valence-electron chi connectivity index (χ3n) is 4.41. The van der Waals surface area contributed by atoms with Crippen LogP contribution in [-0.4, -0.2) is 45.4 Å². The fraction of sp³-hybridized carbons (Fsp3) is 0.368. The van der Waals surface area contributed by atoms with Crippen LogP contribution in [0, 0.1) is 13.8 Å². The summed E-state index contributed by atoms with van der Waals surface area (Å²) in [4.78, 5) is 12.6. The number of hydrogen-bond donors (Lipinski definition) is 1. The van der Waals surface area contributed by atoms with Crippen LogP contribution in [0.25, 0.3) is 11.5 Å². The van der Waals surface area contributed by atoms with Gasteiger partial charge in [0.25, 0.3) is 5.22 Å². The highest BCUT2D eigenvalue weighted by atomic mass is 32.2. The Kier molecular flexibility index (Phi) is 6.12. The van der Waals surface area contributed by atoms with E-state index in [0.717, 1.165) is 17.1 Å². The van der Waals surface area contributed by atoms with Gasteiger partial charge in [0.05, 0.1) is 36.5 Å². The zero-order valence-corrected chi connectivity index (χ0v) is 18.0. The molecule has 10 heteroatoms. The number of aryl methyl sites for hydroxylation is 2. The Hall–Kier alpha value is -3.01. The molecule has 3 aromatic rings. The zero-order valence-electron chi connectivity index (χ0n) is 17.1. The van der Waals surface area contributed by atoms with Crippen molar-refractivity contribution in [2.45, 2.75) is 31.2 Å². The zero-order chi connectivity index (χ0) is 21.1. The summed E-state index contributed by atoms with van der Waals surface area (Å²) < 4.78 is 18.0. The molecule has 0 fully saturated rings. The van der Waals surface area contributed by atoms with E-state index in [9.17, 15) is 4.79 Å². The summed E-state index contributed by atoms with van der Waals surface area (Å²) in [6.45, 7) is 5.53. The number of carbonyl (C=O) groups is 1. The lowest BCUT2D eigenvalue weighted by Crippen LogP contribution is -2.23. The lowest BCUT2D eigenvalue weighted by Gasteiger charge is -2.10. The normalized spacial score (nSPS) is 11.9. The number of carbonyl (C=O) groups excluding carboxylic acids is 1. The molecule has 0 bridgehead atoms. The number of nitrogens with one attached hydrogen (secondary N) is 1. The average Bonchev–Trinajstić information content (AvgIpc) is 3.27. The first-order valence-electron chi connectivity index (χ1n) is 8.87. The van der Waals surface area contributed by atoms with Gasteiger partial charge < -0.3 is 19.2 Å². The Balaban J connectivity index is 1.72. The first-order chi connectivity index (χ1) is 13.8. The lowest BCUT2D eigenvalue weighted by atomic mass is 10.2. The Morgan fingerprint density at radius 1 is 1.17 bits per heavy atom. The minimum Gasteiger partial charge on any atom is -0.497 e. The van der Waals surface area contributed by atoms with Crippen LogP contribution in [0.15, 0.2) is 27.8 Å². The Morgan fingerprint density at radius 3 is 2.38 bits per heavy atom. The van der Waals surface area contributed by atoms with Crippen LogP contribution >= 0.6 is 11.8 Å². The predicted molar refractivity (Wildman–Crippen MR) is 109 cm³/mol. The van der Waals surface area contributed by atoms with Crippen molar-refractivity contribution in [3.63, 3.8) is 0 Å². The fourth-order valence-corrected chi connectivity index (χ4v) is 3.37. The lowest BCUT2D eigenvalue weighted by molar-refractivity contribution is -0.115. The van der Waals surface area contributed by atoms with Crippen LogP contribution in [0.4, 0.5) is 5.69 Å². The molecule has 1 aromatic carbocycles. The van der Waals surface area contributed by atoms with Gasteiger partial charge in [-0.1, -0.05) is 11.8 Å². The van der Waals surface area contributed by atoms with Gasteiger partial charge in [0.2, 0.25) is 11.8 Å². The molecular weight excluding hydrogens is 394 g/mol. The maximum atomic E-state index is 12.6. The molecule has 0 saturated heterocycles. The summed E-state index contributed by atoms with van der Waals surface area (Å²) in [5.74, 6) is 1.37. The van der Waals surface area contributed by atoms with Gasteiger partial charge in [0.15, 0.2) is 0 Å². The molecule has 0 spiro atoms. The number of benzene rings is 1. The van der Waals surface area contributed by atoms with Crippen molar-refractivity contribution in [2.75, 3.05) is 19.5 Å². The number of hydrogen-bond acceptors (Lipinski definition) is 8. The third-order valence-corrected chi connectivity index (χ3v) is 5.34. The minimum atomic E-state index is -0.442. The highest BCUT2D eigenvalue weighted by Gasteiger charge is 2.21. The van der Waals surface area contributed by atoms with Gasteiger partial charge in [-0.05, 0) is 32.9 Å². The largest absolute Gasteiger partial charge is 0.497 e. The maximum Gasteiger partial charge on any atom is 0.277 e. The number of methoxy groups -OCH3 is 2. The van der Waals surface area contributed by atoms with E-state index in [1.807, 2.05) is 20.9 Å². The molecule has 0 saturated carbocycles. The van der Waals surface area contributed by atoms with Crippen molar-refractivity contribution in [3.8, 4) is 23.0 Å². The summed E-state index contributed by atoms with van der Waals surface area (Å²) >= 11 is 1.18. The smallest absolute Gasteiger partial charge is 0.277 e. The summed E-state index contributed by atoms with van der Waals surface area (Å²) in [7, 11) is 4.98. The molecule has 2 heterocycles. The molecule has 1 atom stereocenters. The number of aromatic nitrogens is 4. The van der Waals surface area contributed by atoms with Gasteiger partial charge in [0.1, 0.15) is 11.5 Å². The first kappa shape index (κ1) is 20.7. The maximum absolute atomic E-state index is 12.6. The van der Waals surface area contributed by atoms with Crippen molar-refractivity contribution >= 4 is 23.4 Å². The molecule has 0 unspecified atom stereocenters. The van der Waals surface area contributed by atoms with Gasteiger partial charge in [-0.3, -0.25) is 9.48 Å². The quantitative estimate of drug-likeness (QED) is 0.584.